The normalized spacial score (nSPS) is 15.3. The van der Waals surface area contributed by atoms with E-state index in [4.69, 9.17) is 17.3 Å². The van der Waals surface area contributed by atoms with E-state index in [1.54, 1.807) is 6.20 Å². The van der Waals surface area contributed by atoms with E-state index in [0.717, 1.165) is 48.5 Å². The average molecular weight is 383 g/mol. The van der Waals surface area contributed by atoms with Crippen LogP contribution in [0.2, 0.25) is 5.02 Å². The minimum atomic E-state index is 0.493. The van der Waals surface area contributed by atoms with Crippen molar-refractivity contribution in [1.82, 2.24) is 14.9 Å². The van der Waals surface area contributed by atoms with Gasteiger partial charge in [0.25, 0.3) is 0 Å². The Morgan fingerprint density at radius 3 is 2.70 bits per heavy atom. The zero-order valence-electron chi connectivity index (χ0n) is 15.3. The van der Waals surface area contributed by atoms with Gasteiger partial charge in [-0.15, -0.1) is 0 Å². The smallest absolute Gasteiger partial charge is 0.131 e. The van der Waals surface area contributed by atoms with E-state index in [0.29, 0.717) is 17.4 Å². The predicted molar refractivity (Wildman–Crippen MR) is 112 cm³/mol. The Labute approximate surface area is 164 Å². The molecular formula is C20H23ClN6. The van der Waals surface area contributed by atoms with Gasteiger partial charge in [-0.25, -0.2) is 9.97 Å². The summed E-state index contributed by atoms with van der Waals surface area (Å²) >= 11 is 6.27. The highest BCUT2D eigenvalue weighted by atomic mass is 35.5. The number of rotatable bonds is 4. The highest BCUT2D eigenvalue weighted by molar-refractivity contribution is 6.35. The van der Waals surface area contributed by atoms with Gasteiger partial charge in [0.15, 0.2) is 0 Å². The number of pyridine rings is 2. The van der Waals surface area contributed by atoms with Crippen LogP contribution in [-0.4, -0.2) is 48.1 Å². The number of fused-ring (bicyclic) bond motifs is 1. The lowest BCUT2D eigenvalue weighted by Gasteiger charge is -2.33. The Balaban J connectivity index is 1.48. The van der Waals surface area contributed by atoms with Crippen LogP contribution in [0.15, 0.2) is 42.7 Å². The van der Waals surface area contributed by atoms with Crippen molar-refractivity contribution in [2.45, 2.75) is 6.54 Å². The molecule has 3 aromatic rings. The summed E-state index contributed by atoms with van der Waals surface area (Å²) < 4.78 is 0. The van der Waals surface area contributed by atoms with E-state index >= 15 is 0 Å². The third-order valence-corrected chi connectivity index (χ3v) is 5.30. The van der Waals surface area contributed by atoms with E-state index in [1.807, 2.05) is 30.5 Å². The molecule has 0 aliphatic carbocycles. The second-order valence-electron chi connectivity index (χ2n) is 6.92. The summed E-state index contributed by atoms with van der Waals surface area (Å²) in [5.74, 6) is 1.54. The molecule has 0 amide bonds. The molecule has 1 aromatic carbocycles. The van der Waals surface area contributed by atoms with Crippen molar-refractivity contribution < 1.29 is 0 Å². The molecule has 0 radical (unpaired) electrons. The SMILES string of the molecule is CN1CCN(c2cc(CNc3ccc4c(N)ncc(Cl)c4c3)ccn2)CC1. The topological polar surface area (TPSA) is 70.3 Å². The number of piperazine rings is 1. The maximum atomic E-state index is 6.27. The lowest BCUT2D eigenvalue weighted by molar-refractivity contribution is 0.312. The van der Waals surface area contributed by atoms with Gasteiger partial charge >= 0.3 is 0 Å². The number of anilines is 3. The Hall–Kier alpha value is -2.57. The van der Waals surface area contributed by atoms with Gasteiger partial charge in [-0.2, -0.15) is 0 Å². The molecule has 0 spiro atoms. The molecule has 0 bridgehead atoms. The van der Waals surface area contributed by atoms with Gasteiger partial charge in [-0.05, 0) is 42.9 Å². The minimum absolute atomic E-state index is 0.493. The van der Waals surface area contributed by atoms with E-state index in [2.05, 4.69) is 38.2 Å². The molecule has 0 atom stereocenters. The first-order chi connectivity index (χ1) is 13.1. The van der Waals surface area contributed by atoms with Gasteiger partial charge in [-0.3, -0.25) is 0 Å². The molecule has 1 aliphatic rings. The first-order valence-corrected chi connectivity index (χ1v) is 9.44. The molecule has 1 fully saturated rings. The van der Waals surface area contributed by atoms with E-state index in [1.165, 1.54) is 5.56 Å². The zero-order chi connectivity index (χ0) is 18.8. The number of hydrogen-bond acceptors (Lipinski definition) is 6. The van der Waals surface area contributed by atoms with Crippen LogP contribution < -0.4 is 16.0 Å². The van der Waals surface area contributed by atoms with Gasteiger partial charge in [0.1, 0.15) is 11.6 Å². The maximum absolute atomic E-state index is 6.27. The van der Waals surface area contributed by atoms with Crippen LogP contribution in [0.25, 0.3) is 10.8 Å². The summed E-state index contributed by atoms with van der Waals surface area (Å²) in [6, 6.07) is 10.2. The van der Waals surface area contributed by atoms with Crippen molar-refractivity contribution in [2.75, 3.05) is 49.2 Å². The van der Waals surface area contributed by atoms with Crippen molar-refractivity contribution in [3.05, 3.63) is 53.3 Å². The number of nitrogens with one attached hydrogen (secondary N) is 1. The molecule has 27 heavy (non-hydrogen) atoms. The van der Waals surface area contributed by atoms with Crippen molar-refractivity contribution in [3.63, 3.8) is 0 Å². The number of benzene rings is 1. The monoisotopic (exact) mass is 382 g/mol. The molecule has 3 heterocycles. The van der Waals surface area contributed by atoms with Crippen molar-refractivity contribution >= 4 is 39.7 Å². The minimum Gasteiger partial charge on any atom is -0.383 e. The maximum Gasteiger partial charge on any atom is 0.131 e. The van der Waals surface area contributed by atoms with Gasteiger partial charge in [0.2, 0.25) is 0 Å². The van der Waals surface area contributed by atoms with Crippen molar-refractivity contribution in [3.8, 4) is 0 Å². The average Bonchev–Trinajstić information content (AvgIpc) is 2.70. The molecule has 6 nitrogen and oxygen atoms in total. The molecule has 1 aliphatic heterocycles. The van der Waals surface area contributed by atoms with E-state index in [9.17, 15) is 0 Å². The number of hydrogen-bond donors (Lipinski definition) is 2. The van der Waals surface area contributed by atoms with E-state index < -0.39 is 0 Å². The molecule has 4 rings (SSSR count). The summed E-state index contributed by atoms with van der Waals surface area (Å²) in [5, 5.41) is 5.84. The molecule has 140 valence electrons. The predicted octanol–water partition coefficient (Wildman–Crippen LogP) is 3.23. The standard InChI is InChI=1S/C20H23ClN6/c1-26-6-8-27(9-7-26)19-10-14(4-5-23-19)12-24-15-2-3-16-17(11-15)18(21)13-25-20(16)22/h2-5,10-11,13,24H,6-9,12H2,1H3,(H2,22,25). The van der Waals surface area contributed by atoms with Crippen LogP contribution in [0.5, 0.6) is 0 Å². The Morgan fingerprint density at radius 2 is 1.89 bits per heavy atom. The number of likely N-dealkylation sites (N-methyl/N-ethyl adjacent to an activating group) is 1. The van der Waals surface area contributed by atoms with Gasteiger partial charge in [-0.1, -0.05) is 11.6 Å². The highest BCUT2D eigenvalue weighted by Gasteiger charge is 2.15. The highest BCUT2D eigenvalue weighted by Crippen LogP contribution is 2.29. The van der Waals surface area contributed by atoms with Crippen LogP contribution in [0, 0.1) is 0 Å². The quantitative estimate of drug-likeness (QED) is 0.722. The third-order valence-electron chi connectivity index (χ3n) is 5.00. The Bertz CT molecular complexity index is 952. The van der Waals surface area contributed by atoms with Crippen molar-refractivity contribution in [2.24, 2.45) is 0 Å². The lowest BCUT2D eigenvalue weighted by atomic mass is 10.1. The zero-order valence-corrected chi connectivity index (χ0v) is 16.1. The molecular weight excluding hydrogens is 360 g/mol. The number of nitrogen functional groups attached to an aromatic ring is 1. The van der Waals surface area contributed by atoms with E-state index in [-0.39, 0.29) is 0 Å². The summed E-state index contributed by atoms with van der Waals surface area (Å²) in [7, 11) is 2.16. The van der Waals surface area contributed by atoms with Gasteiger partial charge < -0.3 is 20.9 Å². The number of nitrogens with two attached hydrogens (primary N) is 1. The Morgan fingerprint density at radius 1 is 1.07 bits per heavy atom. The number of nitrogens with zero attached hydrogens (tertiary/aromatic N) is 4. The Kier molecular flexibility index (Phi) is 5.01. The van der Waals surface area contributed by atoms with Crippen molar-refractivity contribution in [1.29, 1.82) is 0 Å². The molecule has 0 unspecified atom stereocenters. The van der Waals surface area contributed by atoms with Crippen LogP contribution in [0.1, 0.15) is 5.56 Å². The fraction of sp³-hybridized carbons (Fsp3) is 0.300. The summed E-state index contributed by atoms with van der Waals surface area (Å²) in [5.41, 5.74) is 8.12. The second-order valence-corrected chi connectivity index (χ2v) is 7.33. The number of aromatic nitrogens is 2. The number of halogens is 1. The van der Waals surface area contributed by atoms with Crippen LogP contribution in [-0.2, 0) is 6.54 Å². The molecule has 3 N–H and O–H groups in total. The summed E-state index contributed by atoms with van der Waals surface area (Å²) in [6.45, 7) is 4.88. The summed E-state index contributed by atoms with van der Waals surface area (Å²) in [4.78, 5) is 13.3. The molecule has 1 saturated heterocycles. The third kappa shape index (κ3) is 3.91. The molecule has 0 saturated carbocycles. The molecule has 2 aromatic heterocycles. The van der Waals surface area contributed by atoms with Crippen LogP contribution >= 0.6 is 11.6 Å². The van der Waals surface area contributed by atoms with Crippen LogP contribution in [0.3, 0.4) is 0 Å². The van der Waals surface area contributed by atoms with Gasteiger partial charge in [0.05, 0.1) is 5.02 Å². The first-order valence-electron chi connectivity index (χ1n) is 9.06. The fourth-order valence-corrected chi connectivity index (χ4v) is 3.53. The van der Waals surface area contributed by atoms with Gasteiger partial charge in [0, 0.05) is 61.6 Å². The first kappa shape index (κ1) is 17.8. The molecule has 7 heteroatoms. The largest absolute Gasteiger partial charge is 0.383 e. The second kappa shape index (κ2) is 7.58. The van der Waals surface area contributed by atoms with Crippen LogP contribution in [0.4, 0.5) is 17.3 Å². The lowest BCUT2D eigenvalue weighted by Crippen LogP contribution is -2.44. The summed E-state index contributed by atoms with van der Waals surface area (Å²) in [6.07, 6.45) is 3.47. The fourth-order valence-electron chi connectivity index (χ4n) is 3.32.